The van der Waals surface area contributed by atoms with Crippen LogP contribution in [0.3, 0.4) is 0 Å². The van der Waals surface area contributed by atoms with E-state index < -0.39 is 0 Å². The minimum Gasteiger partial charge on any atom is -0.494 e. The van der Waals surface area contributed by atoms with E-state index in [1.165, 1.54) is 11.1 Å². The summed E-state index contributed by atoms with van der Waals surface area (Å²) >= 11 is 0. The van der Waals surface area contributed by atoms with Crippen molar-refractivity contribution in [3.63, 3.8) is 0 Å². The lowest BCUT2D eigenvalue weighted by Gasteiger charge is -2.11. The van der Waals surface area contributed by atoms with Gasteiger partial charge in [-0.2, -0.15) is 5.10 Å². The first-order chi connectivity index (χ1) is 13.9. The highest BCUT2D eigenvalue weighted by Gasteiger charge is 2.16. The van der Waals surface area contributed by atoms with Gasteiger partial charge < -0.3 is 10.1 Å². The summed E-state index contributed by atoms with van der Waals surface area (Å²) in [6.07, 6.45) is 1.94. The van der Waals surface area contributed by atoms with E-state index in [9.17, 15) is 4.79 Å². The average Bonchev–Trinajstić information content (AvgIpc) is 2.96. The second kappa shape index (κ2) is 9.07. The maximum Gasteiger partial charge on any atom is 0.220 e. The van der Waals surface area contributed by atoms with E-state index in [0.717, 1.165) is 40.2 Å². The van der Waals surface area contributed by atoms with Crippen LogP contribution in [0.5, 0.6) is 5.75 Å². The number of nitrogens with zero attached hydrogens (tertiary/aromatic N) is 3. The Labute approximate surface area is 172 Å². The minimum atomic E-state index is 0.0674. The van der Waals surface area contributed by atoms with Crippen molar-refractivity contribution in [2.75, 3.05) is 13.2 Å². The lowest BCUT2D eigenvalue weighted by Crippen LogP contribution is -2.26. The molecule has 3 rings (SSSR count). The average molecular weight is 395 g/mol. The van der Waals surface area contributed by atoms with Crippen LogP contribution in [0.2, 0.25) is 0 Å². The van der Waals surface area contributed by atoms with Gasteiger partial charge in [-0.15, -0.1) is 0 Å². The molecule has 0 saturated carbocycles. The summed E-state index contributed by atoms with van der Waals surface area (Å²) in [6.45, 7) is 9.38. The molecule has 3 aromatic rings. The maximum absolute atomic E-state index is 12.3. The molecule has 0 radical (unpaired) electrons. The third kappa shape index (κ3) is 4.75. The van der Waals surface area contributed by atoms with Crippen molar-refractivity contribution in [2.45, 2.75) is 47.0 Å². The fourth-order valence-electron chi connectivity index (χ4n) is 3.82. The summed E-state index contributed by atoms with van der Waals surface area (Å²) < 4.78 is 7.27. The Kier molecular flexibility index (Phi) is 6.52. The second-order valence-corrected chi connectivity index (χ2v) is 7.39. The zero-order valence-corrected chi connectivity index (χ0v) is 18.0. The molecule has 154 valence electrons. The van der Waals surface area contributed by atoms with Crippen molar-refractivity contribution in [2.24, 2.45) is 7.05 Å². The van der Waals surface area contributed by atoms with Gasteiger partial charge in [0, 0.05) is 31.1 Å². The van der Waals surface area contributed by atoms with Crippen molar-refractivity contribution in [3.05, 3.63) is 52.3 Å². The van der Waals surface area contributed by atoms with Crippen molar-refractivity contribution in [3.8, 4) is 5.75 Å². The number of carbonyl (C=O) groups is 1. The number of hydrogen-bond acceptors (Lipinski definition) is 4. The van der Waals surface area contributed by atoms with Crippen LogP contribution in [0.1, 0.15) is 41.4 Å². The number of hydrogen-bond donors (Lipinski definition) is 1. The third-order valence-corrected chi connectivity index (χ3v) is 5.30. The molecule has 0 spiro atoms. The van der Waals surface area contributed by atoms with Gasteiger partial charge in [-0.3, -0.25) is 9.48 Å². The van der Waals surface area contributed by atoms with Crippen LogP contribution >= 0.6 is 0 Å². The molecule has 6 nitrogen and oxygen atoms in total. The summed E-state index contributed by atoms with van der Waals surface area (Å²) in [7, 11) is 1.92. The SMILES string of the molecule is CCOc1ccc(CCNC(=O)CCc2c(C)nc3c(c(C)nn3C)c2C)cc1. The maximum atomic E-state index is 12.3. The minimum absolute atomic E-state index is 0.0674. The van der Waals surface area contributed by atoms with E-state index in [1.54, 1.807) is 0 Å². The zero-order chi connectivity index (χ0) is 21.0. The predicted octanol–water partition coefficient (Wildman–Crippen LogP) is 3.58. The highest BCUT2D eigenvalue weighted by atomic mass is 16.5. The van der Waals surface area contributed by atoms with Crippen LogP contribution in [-0.4, -0.2) is 33.8 Å². The molecule has 0 saturated heterocycles. The number of aromatic nitrogens is 3. The highest BCUT2D eigenvalue weighted by molar-refractivity contribution is 5.84. The van der Waals surface area contributed by atoms with Gasteiger partial charge in [0.05, 0.1) is 12.3 Å². The standard InChI is InChI=1S/C23H30N4O2/c1-6-29-19-9-7-18(8-10-19)13-14-24-21(28)12-11-20-15(2)22-17(4)26-27(5)23(22)25-16(20)3/h7-10H,6,11-14H2,1-5H3,(H,24,28). The zero-order valence-electron chi connectivity index (χ0n) is 18.0. The molecule has 1 aromatic carbocycles. The van der Waals surface area contributed by atoms with E-state index >= 15 is 0 Å². The highest BCUT2D eigenvalue weighted by Crippen LogP contribution is 2.25. The summed E-state index contributed by atoms with van der Waals surface area (Å²) in [4.78, 5) is 17.1. The number of aryl methyl sites for hydroxylation is 4. The first kappa shape index (κ1) is 20.8. The molecule has 0 atom stereocenters. The second-order valence-electron chi connectivity index (χ2n) is 7.39. The van der Waals surface area contributed by atoms with Crippen LogP contribution in [0.25, 0.3) is 11.0 Å². The number of carbonyl (C=O) groups excluding carboxylic acids is 1. The first-order valence-electron chi connectivity index (χ1n) is 10.2. The number of rotatable bonds is 8. The summed E-state index contributed by atoms with van der Waals surface area (Å²) in [5.41, 5.74) is 6.37. The fourth-order valence-corrected chi connectivity index (χ4v) is 3.82. The fraction of sp³-hybridized carbons (Fsp3) is 0.435. The van der Waals surface area contributed by atoms with Gasteiger partial charge in [-0.1, -0.05) is 12.1 Å². The van der Waals surface area contributed by atoms with Gasteiger partial charge in [-0.05, 0) is 69.4 Å². The van der Waals surface area contributed by atoms with Crippen LogP contribution < -0.4 is 10.1 Å². The Morgan fingerprint density at radius 3 is 2.52 bits per heavy atom. The Balaban J connectivity index is 1.55. The molecule has 0 aliphatic rings. The van der Waals surface area contributed by atoms with Crippen LogP contribution in [-0.2, 0) is 24.7 Å². The Morgan fingerprint density at radius 2 is 1.83 bits per heavy atom. The molecule has 0 fully saturated rings. The van der Waals surface area contributed by atoms with Crippen LogP contribution in [0, 0.1) is 20.8 Å². The molecule has 29 heavy (non-hydrogen) atoms. The number of fused-ring (bicyclic) bond motifs is 1. The Hall–Kier alpha value is -2.89. The number of pyridine rings is 1. The van der Waals surface area contributed by atoms with Crippen molar-refractivity contribution >= 4 is 16.9 Å². The number of amides is 1. The molecular weight excluding hydrogens is 364 g/mol. The van der Waals surface area contributed by atoms with E-state index in [1.807, 2.05) is 56.8 Å². The summed E-state index contributed by atoms with van der Waals surface area (Å²) in [5, 5.41) is 8.61. The first-order valence-corrected chi connectivity index (χ1v) is 10.2. The molecular formula is C23H30N4O2. The van der Waals surface area contributed by atoms with Gasteiger partial charge in [0.2, 0.25) is 5.91 Å². The molecule has 1 N–H and O–H groups in total. The van der Waals surface area contributed by atoms with Crippen molar-refractivity contribution < 1.29 is 9.53 Å². The molecule has 6 heteroatoms. The molecule has 0 aliphatic heterocycles. The van der Waals surface area contributed by atoms with E-state index in [4.69, 9.17) is 9.72 Å². The number of ether oxygens (including phenoxy) is 1. The monoisotopic (exact) mass is 394 g/mol. The predicted molar refractivity (Wildman–Crippen MR) is 115 cm³/mol. The molecule has 0 unspecified atom stereocenters. The Morgan fingerprint density at radius 1 is 1.10 bits per heavy atom. The van der Waals surface area contributed by atoms with Crippen molar-refractivity contribution in [1.82, 2.24) is 20.1 Å². The number of benzene rings is 1. The quantitative estimate of drug-likeness (QED) is 0.634. The van der Waals surface area contributed by atoms with Gasteiger partial charge in [0.25, 0.3) is 0 Å². The van der Waals surface area contributed by atoms with Gasteiger partial charge >= 0.3 is 0 Å². The molecule has 1 amide bonds. The van der Waals surface area contributed by atoms with Crippen molar-refractivity contribution in [1.29, 1.82) is 0 Å². The molecule has 2 aromatic heterocycles. The smallest absolute Gasteiger partial charge is 0.220 e. The van der Waals surface area contributed by atoms with Crippen LogP contribution in [0.4, 0.5) is 0 Å². The lowest BCUT2D eigenvalue weighted by atomic mass is 9.99. The van der Waals surface area contributed by atoms with E-state index in [2.05, 4.69) is 17.3 Å². The molecule has 0 aliphatic carbocycles. The largest absolute Gasteiger partial charge is 0.494 e. The Bertz CT molecular complexity index is 1010. The molecule has 0 bridgehead atoms. The van der Waals surface area contributed by atoms with Gasteiger partial charge in [0.15, 0.2) is 5.65 Å². The summed E-state index contributed by atoms with van der Waals surface area (Å²) in [6, 6.07) is 8.02. The lowest BCUT2D eigenvalue weighted by molar-refractivity contribution is -0.121. The summed E-state index contributed by atoms with van der Waals surface area (Å²) in [5.74, 6) is 0.943. The van der Waals surface area contributed by atoms with Gasteiger partial charge in [-0.25, -0.2) is 4.98 Å². The van der Waals surface area contributed by atoms with E-state index in [-0.39, 0.29) is 5.91 Å². The topological polar surface area (TPSA) is 69.0 Å². The van der Waals surface area contributed by atoms with Crippen LogP contribution in [0.15, 0.2) is 24.3 Å². The van der Waals surface area contributed by atoms with Gasteiger partial charge in [0.1, 0.15) is 5.75 Å². The number of nitrogens with one attached hydrogen (secondary N) is 1. The normalized spacial score (nSPS) is 11.1. The van der Waals surface area contributed by atoms with E-state index in [0.29, 0.717) is 26.0 Å². The molecule has 2 heterocycles. The third-order valence-electron chi connectivity index (χ3n) is 5.30.